The molecule has 2 nitrogen and oxygen atoms in total. The molecule has 214 valence electrons. The Morgan fingerprint density at radius 3 is 1.80 bits per heavy atom. The molecule has 4 aliphatic rings. The largest absolute Gasteiger partial charge is 0.485 e. The molecule has 1 unspecified atom stereocenters. The first-order chi connectivity index (χ1) is 21.4. The van der Waals surface area contributed by atoms with Gasteiger partial charge in [0, 0.05) is 51.3 Å². The van der Waals surface area contributed by atoms with E-state index in [2.05, 4.69) is 154 Å². The molecule has 1 atom stereocenters. The molecule has 5 aromatic rings. The molecule has 0 fully saturated rings. The van der Waals surface area contributed by atoms with Gasteiger partial charge in [-0.1, -0.05) is 119 Å². The van der Waals surface area contributed by atoms with Crippen molar-refractivity contribution >= 4 is 22.6 Å². The van der Waals surface area contributed by atoms with E-state index in [-0.39, 0.29) is 16.9 Å². The molecule has 5 aromatic carbocycles. The van der Waals surface area contributed by atoms with Gasteiger partial charge < -0.3 is 9.64 Å². The Bertz CT molecular complexity index is 1980. The minimum atomic E-state index is -0.0863. The fraction of sp³-hybridized carbons (Fsp3) is 0.190. The molecule has 0 saturated heterocycles. The topological polar surface area (TPSA) is 12.5 Å². The van der Waals surface area contributed by atoms with Crippen LogP contribution < -0.4 is 9.64 Å². The monoisotopic (exact) mass is 569 g/mol. The highest BCUT2D eigenvalue weighted by atomic mass is 16.5. The van der Waals surface area contributed by atoms with Crippen LogP contribution in [0.15, 0.2) is 121 Å². The maximum atomic E-state index is 6.59. The Morgan fingerprint density at radius 2 is 1.18 bits per heavy atom. The highest BCUT2D eigenvalue weighted by Gasteiger charge is 2.41. The Labute approximate surface area is 260 Å². The first-order valence-corrected chi connectivity index (χ1v) is 15.8. The fourth-order valence-corrected chi connectivity index (χ4v) is 8.37. The zero-order valence-electron chi connectivity index (χ0n) is 25.7. The van der Waals surface area contributed by atoms with Crippen molar-refractivity contribution in [2.24, 2.45) is 0 Å². The summed E-state index contributed by atoms with van der Waals surface area (Å²) >= 11 is 0. The molecule has 0 saturated carbocycles. The van der Waals surface area contributed by atoms with Gasteiger partial charge in [0.15, 0.2) is 0 Å². The Kier molecular flexibility index (Phi) is 5.17. The van der Waals surface area contributed by atoms with Crippen LogP contribution in [0.4, 0.5) is 17.1 Å². The van der Waals surface area contributed by atoms with Crippen molar-refractivity contribution in [1.82, 2.24) is 0 Å². The van der Waals surface area contributed by atoms with Crippen LogP contribution in [0.25, 0.3) is 27.8 Å². The van der Waals surface area contributed by atoms with E-state index in [0.29, 0.717) is 0 Å². The molecule has 2 heteroatoms. The predicted molar refractivity (Wildman–Crippen MR) is 182 cm³/mol. The average Bonchev–Trinajstić information content (AvgIpc) is 3.62. The number of hydrogen-bond acceptors (Lipinski definition) is 2. The van der Waals surface area contributed by atoms with Crippen LogP contribution in [0.3, 0.4) is 0 Å². The molecule has 0 amide bonds. The standard InChI is InChI=1S/C42H35NO/c1-41(2)31-16-8-5-14-29(31)39-33(41)18-11-20-35(39)43(26-23-24-28-27-13-7-10-22-37(27)44-38(28)25-26)36-21-12-19-34-40(36)30-15-6-9-17-32(30)42(34,3)4/h5-21,23-25,37H,22H2,1-4H3. The highest BCUT2D eigenvalue weighted by molar-refractivity contribution is 6.00. The van der Waals surface area contributed by atoms with Crippen molar-refractivity contribution in [2.45, 2.75) is 51.0 Å². The molecule has 0 spiro atoms. The van der Waals surface area contributed by atoms with Crippen LogP contribution in [0.2, 0.25) is 0 Å². The quantitative estimate of drug-likeness (QED) is 0.214. The first-order valence-electron chi connectivity index (χ1n) is 15.8. The van der Waals surface area contributed by atoms with Crippen LogP contribution in [0.5, 0.6) is 5.75 Å². The van der Waals surface area contributed by atoms with Gasteiger partial charge in [0.2, 0.25) is 0 Å². The fourth-order valence-electron chi connectivity index (χ4n) is 8.37. The maximum absolute atomic E-state index is 6.59. The molecule has 0 radical (unpaired) electrons. The molecule has 1 heterocycles. The van der Waals surface area contributed by atoms with Crippen molar-refractivity contribution in [3.63, 3.8) is 0 Å². The van der Waals surface area contributed by atoms with E-state index in [9.17, 15) is 0 Å². The van der Waals surface area contributed by atoms with E-state index < -0.39 is 0 Å². The van der Waals surface area contributed by atoms with Gasteiger partial charge in [-0.3, -0.25) is 0 Å². The SMILES string of the molecule is CC1(C)c2ccccc2-c2c(N(c3ccc4c(c3)OC3CC=CC=C43)c3cccc4c3-c3ccccc3C4(C)C)cccc21. The number of anilines is 3. The predicted octanol–water partition coefficient (Wildman–Crippen LogP) is 10.9. The average molecular weight is 570 g/mol. The van der Waals surface area contributed by atoms with E-state index in [1.807, 2.05) is 0 Å². The Morgan fingerprint density at radius 1 is 0.614 bits per heavy atom. The molecule has 0 N–H and O–H groups in total. The van der Waals surface area contributed by atoms with Crippen LogP contribution in [-0.2, 0) is 10.8 Å². The van der Waals surface area contributed by atoms with Gasteiger partial charge in [0.25, 0.3) is 0 Å². The van der Waals surface area contributed by atoms with E-state index in [0.717, 1.165) is 17.9 Å². The number of rotatable bonds is 3. The number of nitrogens with zero attached hydrogens (tertiary/aromatic N) is 1. The second-order valence-corrected chi connectivity index (χ2v) is 13.6. The van der Waals surface area contributed by atoms with Crippen molar-refractivity contribution in [1.29, 1.82) is 0 Å². The van der Waals surface area contributed by atoms with Gasteiger partial charge in [-0.2, -0.15) is 0 Å². The molecule has 3 aliphatic carbocycles. The van der Waals surface area contributed by atoms with Gasteiger partial charge in [0.05, 0.1) is 11.4 Å². The Balaban J connectivity index is 1.34. The third-order valence-electron chi connectivity index (χ3n) is 10.6. The number of ether oxygens (including phenoxy) is 1. The summed E-state index contributed by atoms with van der Waals surface area (Å²) in [5.74, 6) is 0.967. The van der Waals surface area contributed by atoms with Crippen LogP contribution in [0.1, 0.15) is 61.9 Å². The number of fused-ring (bicyclic) bond motifs is 9. The third-order valence-corrected chi connectivity index (χ3v) is 10.6. The van der Waals surface area contributed by atoms with Gasteiger partial charge in [-0.05, 0) is 57.6 Å². The van der Waals surface area contributed by atoms with Gasteiger partial charge >= 0.3 is 0 Å². The lowest BCUT2D eigenvalue weighted by Crippen LogP contribution is -2.17. The summed E-state index contributed by atoms with van der Waals surface area (Å²) in [5, 5.41) is 0. The van der Waals surface area contributed by atoms with Crippen LogP contribution in [-0.4, -0.2) is 6.10 Å². The van der Waals surface area contributed by atoms with Crippen LogP contribution in [0, 0.1) is 0 Å². The normalized spacial score (nSPS) is 18.7. The summed E-state index contributed by atoms with van der Waals surface area (Å²) in [7, 11) is 0. The zero-order chi connectivity index (χ0) is 29.8. The Hall–Kier alpha value is -4.82. The smallest absolute Gasteiger partial charge is 0.129 e. The van der Waals surface area contributed by atoms with Gasteiger partial charge in [-0.25, -0.2) is 0 Å². The number of benzene rings is 5. The van der Waals surface area contributed by atoms with Crippen molar-refractivity contribution in [3.05, 3.63) is 149 Å². The molecular weight excluding hydrogens is 534 g/mol. The minimum Gasteiger partial charge on any atom is -0.485 e. The van der Waals surface area contributed by atoms with E-state index >= 15 is 0 Å². The molecule has 0 bridgehead atoms. The summed E-state index contributed by atoms with van der Waals surface area (Å²) in [6, 6.07) is 38.5. The van der Waals surface area contributed by atoms with Crippen molar-refractivity contribution < 1.29 is 4.74 Å². The lowest BCUT2D eigenvalue weighted by molar-refractivity contribution is 0.279. The summed E-state index contributed by atoms with van der Waals surface area (Å²) in [5.41, 5.74) is 16.6. The molecule has 9 rings (SSSR count). The summed E-state index contributed by atoms with van der Waals surface area (Å²) in [6.07, 6.45) is 7.58. The van der Waals surface area contributed by atoms with Gasteiger partial charge in [0.1, 0.15) is 11.9 Å². The summed E-state index contributed by atoms with van der Waals surface area (Å²) in [6.45, 7) is 9.43. The second-order valence-electron chi connectivity index (χ2n) is 13.6. The highest BCUT2D eigenvalue weighted by Crippen LogP contribution is 2.58. The van der Waals surface area contributed by atoms with E-state index in [1.54, 1.807) is 0 Å². The summed E-state index contributed by atoms with van der Waals surface area (Å²) in [4.78, 5) is 2.51. The molecule has 1 aliphatic heterocycles. The first kappa shape index (κ1) is 25.7. The molecular formula is C42H35NO. The molecule has 44 heavy (non-hydrogen) atoms. The van der Waals surface area contributed by atoms with Crippen LogP contribution >= 0.6 is 0 Å². The maximum Gasteiger partial charge on any atom is 0.129 e. The van der Waals surface area contributed by atoms with E-state index in [4.69, 9.17) is 4.74 Å². The third kappa shape index (κ3) is 3.31. The summed E-state index contributed by atoms with van der Waals surface area (Å²) < 4.78 is 6.59. The lowest BCUT2D eigenvalue weighted by Gasteiger charge is -2.31. The molecule has 0 aromatic heterocycles. The lowest BCUT2D eigenvalue weighted by atomic mass is 9.82. The van der Waals surface area contributed by atoms with Crippen molar-refractivity contribution in [3.8, 4) is 28.0 Å². The van der Waals surface area contributed by atoms with Gasteiger partial charge in [-0.15, -0.1) is 0 Å². The zero-order valence-corrected chi connectivity index (χ0v) is 25.7. The second kappa shape index (κ2) is 8.86. The minimum absolute atomic E-state index is 0.0863. The van der Waals surface area contributed by atoms with E-state index in [1.165, 1.54) is 67.0 Å². The number of allylic oxidation sites excluding steroid dienone is 2. The van der Waals surface area contributed by atoms with Crippen molar-refractivity contribution in [2.75, 3.05) is 4.90 Å². The number of hydrogen-bond donors (Lipinski definition) is 0.